The molecule has 2 fully saturated rings. The zero-order chi connectivity index (χ0) is 36.4. The molecule has 4 aliphatic heterocycles. The lowest BCUT2D eigenvalue weighted by atomic mass is 9.64. The second-order valence-electron chi connectivity index (χ2n) is 16.5. The van der Waals surface area contributed by atoms with Crippen LogP contribution in [0.1, 0.15) is 67.4 Å². The first-order valence-electron chi connectivity index (χ1n) is 19.2. The summed E-state index contributed by atoms with van der Waals surface area (Å²) in [7, 11) is -1.79. The number of ether oxygens (including phenoxy) is 2. The number of benzene rings is 2. The molecule has 4 heterocycles. The van der Waals surface area contributed by atoms with Gasteiger partial charge in [0.2, 0.25) is 10.0 Å². The molecule has 4 bridgehead atoms. The minimum Gasteiger partial charge on any atom is -0.490 e. The first-order chi connectivity index (χ1) is 24.9. The van der Waals surface area contributed by atoms with E-state index in [4.69, 9.17) is 21.1 Å². The molecule has 12 heteroatoms. The number of carbonyl (C=O) groups excluding carboxylic acids is 1. The molecule has 282 valence electrons. The van der Waals surface area contributed by atoms with Gasteiger partial charge in [-0.3, -0.25) is 9.69 Å². The molecule has 7 atom stereocenters. The number of nitrogens with zero attached hydrogens (tertiary/aromatic N) is 3. The Bertz CT molecular complexity index is 1850. The molecule has 52 heavy (non-hydrogen) atoms. The normalized spacial score (nSPS) is 33.4. The van der Waals surface area contributed by atoms with E-state index in [0.29, 0.717) is 49.3 Å². The smallest absolute Gasteiger partial charge is 0.264 e. The van der Waals surface area contributed by atoms with Gasteiger partial charge in [-0.15, -0.1) is 0 Å². The number of piperazine rings is 1. The van der Waals surface area contributed by atoms with Crippen LogP contribution in [0, 0.1) is 29.5 Å². The van der Waals surface area contributed by atoms with Gasteiger partial charge in [0, 0.05) is 56.8 Å². The molecule has 0 aromatic heterocycles. The van der Waals surface area contributed by atoms with Crippen LogP contribution >= 0.6 is 11.6 Å². The number of allylic oxidation sites excluding steroid dienone is 1. The minimum atomic E-state index is -3.96. The Kier molecular flexibility index (Phi) is 9.89. The van der Waals surface area contributed by atoms with Crippen LogP contribution in [-0.4, -0.2) is 102 Å². The largest absolute Gasteiger partial charge is 0.490 e. The van der Waals surface area contributed by atoms with Crippen LogP contribution < -0.4 is 14.4 Å². The van der Waals surface area contributed by atoms with E-state index in [2.05, 4.69) is 32.5 Å². The molecule has 1 spiro atoms. The summed E-state index contributed by atoms with van der Waals surface area (Å²) in [5.41, 5.74) is 3.42. The number of halogens is 2. The molecule has 7 aliphatic rings. The maximum Gasteiger partial charge on any atom is 0.264 e. The van der Waals surface area contributed by atoms with Crippen molar-refractivity contribution < 1.29 is 27.1 Å². The lowest BCUT2D eigenvalue weighted by Gasteiger charge is -2.48. The maximum absolute atomic E-state index is 15.5. The predicted molar refractivity (Wildman–Crippen MR) is 201 cm³/mol. The Morgan fingerprint density at radius 3 is 2.65 bits per heavy atom. The van der Waals surface area contributed by atoms with Gasteiger partial charge in [0.15, 0.2) is 0 Å². The average Bonchev–Trinajstić information content (AvgIpc) is 3.24. The average molecular weight is 755 g/mol. The van der Waals surface area contributed by atoms with Crippen molar-refractivity contribution in [2.24, 2.45) is 23.7 Å². The molecule has 9 nitrogen and oxygen atoms in total. The lowest BCUT2D eigenvalue weighted by molar-refractivity contribution is -0.0349. The van der Waals surface area contributed by atoms with Crippen LogP contribution in [0.15, 0.2) is 42.0 Å². The third-order valence-corrected chi connectivity index (χ3v) is 15.6. The Hall–Kier alpha value is -2.70. The topological polar surface area (TPSA) is 91.4 Å². The van der Waals surface area contributed by atoms with E-state index in [1.165, 1.54) is 5.57 Å². The molecule has 1 saturated heterocycles. The first kappa shape index (κ1) is 36.3. The van der Waals surface area contributed by atoms with Crippen LogP contribution in [-0.2, 0) is 26.6 Å². The molecular weight excluding hydrogens is 703 g/mol. The van der Waals surface area contributed by atoms with E-state index in [1.54, 1.807) is 31.2 Å². The molecule has 2 aromatic rings. The van der Waals surface area contributed by atoms with Crippen molar-refractivity contribution in [1.29, 1.82) is 0 Å². The quantitative estimate of drug-likeness (QED) is 0.401. The summed E-state index contributed by atoms with van der Waals surface area (Å²) in [5.74, 6) is 0.224. The Morgan fingerprint density at radius 1 is 1.12 bits per heavy atom. The zero-order valence-corrected chi connectivity index (χ0v) is 32.2. The summed E-state index contributed by atoms with van der Waals surface area (Å²) in [5, 5.41) is -0.627. The van der Waals surface area contributed by atoms with Crippen LogP contribution in [0.5, 0.6) is 5.75 Å². The molecule has 0 radical (unpaired) electrons. The number of anilines is 1. The zero-order valence-electron chi connectivity index (χ0n) is 30.6. The van der Waals surface area contributed by atoms with Gasteiger partial charge in [-0.1, -0.05) is 30.7 Å². The second kappa shape index (κ2) is 14.2. The number of rotatable bonds is 4. The summed E-state index contributed by atoms with van der Waals surface area (Å²) in [4.78, 5) is 20.8. The van der Waals surface area contributed by atoms with Gasteiger partial charge in [-0.05, 0) is 117 Å². The van der Waals surface area contributed by atoms with E-state index in [1.807, 2.05) is 13.0 Å². The molecule has 1 saturated carbocycles. The van der Waals surface area contributed by atoms with Crippen LogP contribution in [0.3, 0.4) is 0 Å². The van der Waals surface area contributed by atoms with Gasteiger partial charge >= 0.3 is 0 Å². The van der Waals surface area contributed by atoms with Crippen molar-refractivity contribution >= 4 is 33.2 Å². The summed E-state index contributed by atoms with van der Waals surface area (Å²) in [6.07, 6.45) is 7.41. The number of fused-ring (bicyclic) bond motifs is 6. The van der Waals surface area contributed by atoms with Gasteiger partial charge in [-0.25, -0.2) is 17.5 Å². The van der Waals surface area contributed by atoms with E-state index in [0.717, 1.165) is 82.6 Å². The summed E-state index contributed by atoms with van der Waals surface area (Å²) < 4.78 is 58.6. The Labute approximate surface area is 312 Å². The number of sulfonamides is 1. The SMILES string of the molecule is C[C@@H]1[C@@H](C)S(=O)(=O)NC(=O)c2ccc3c(c2)N(C[C@@H]2CC[C@H]2[C@@H](OCCN2CCN(C)CC2)C2=C[C@H]1C2)C[C@@]1(CCCc2c1ccc(Cl)c2F)CO3. The number of nitrogens with one attached hydrogen (secondary N) is 1. The second-order valence-corrected chi connectivity index (χ2v) is 18.9. The monoisotopic (exact) mass is 754 g/mol. The molecule has 0 unspecified atom stereocenters. The van der Waals surface area contributed by atoms with Gasteiger partial charge in [0.05, 0.1) is 35.3 Å². The highest BCUT2D eigenvalue weighted by Crippen LogP contribution is 2.50. The standard InChI is InChI=1S/C40H52ClFN4O5S/c1-25-26(2)52(48,49)43-39(47)27-7-11-36-35(21-27)46(23-40(24-51-36)12-4-5-32-33(40)9-10-34(41)37(32)42)22-28-6-8-31(28)38(30-19-29(25)20-30)50-18-17-45-15-13-44(3)14-16-45/h7,9-11,19,21,25-26,28-29,31,38H,4-6,8,12-18,20,22-24H2,1-3H3,(H,43,47)/t25-,26-,28+,29+,31-,38+,40+/m1/s1. The Balaban J connectivity index is 1.15. The van der Waals surface area contributed by atoms with Crippen molar-refractivity contribution in [3.8, 4) is 5.75 Å². The number of hydrogen-bond acceptors (Lipinski definition) is 8. The molecule has 2 aromatic carbocycles. The van der Waals surface area contributed by atoms with Gasteiger partial charge < -0.3 is 19.3 Å². The highest BCUT2D eigenvalue weighted by molar-refractivity contribution is 7.90. The molecule has 1 amide bonds. The van der Waals surface area contributed by atoms with Crippen LogP contribution in [0.2, 0.25) is 5.02 Å². The van der Waals surface area contributed by atoms with Crippen molar-refractivity contribution in [3.63, 3.8) is 0 Å². The maximum atomic E-state index is 15.5. The number of amides is 1. The number of hydrogen-bond donors (Lipinski definition) is 1. The fourth-order valence-electron chi connectivity index (χ4n) is 9.65. The first-order valence-corrected chi connectivity index (χ1v) is 21.1. The van der Waals surface area contributed by atoms with Crippen molar-refractivity contribution in [2.75, 3.05) is 71.0 Å². The van der Waals surface area contributed by atoms with E-state index < -0.39 is 26.6 Å². The van der Waals surface area contributed by atoms with Crippen molar-refractivity contribution in [3.05, 3.63) is 69.5 Å². The molecular formula is C40H52ClFN4O5S. The van der Waals surface area contributed by atoms with Crippen LogP contribution in [0.25, 0.3) is 0 Å². The molecule has 1 N–H and O–H groups in total. The van der Waals surface area contributed by atoms with E-state index in [-0.39, 0.29) is 34.3 Å². The third-order valence-electron chi connectivity index (χ3n) is 13.4. The number of likely N-dealkylation sites (N-methyl/N-ethyl adjacent to an activating group) is 1. The molecule has 3 aliphatic carbocycles. The molecule has 9 rings (SSSR count). The predicted octanol–water partition coefficient (Wildman–Crippen LogP) is 5.66. The highest BCUT2D eigenvalue weighted by atomic mass is 35.5. The summed E-state index contributed by atoms with van der Waals surface area (Å²) in [6, 6.07) is 8.84. The fraction of sp³-hybridized carbons (Fsp3) is 0.625. The highest BCUT2D eigenvalue weighted by Gasteiger charge is 2.47. The van der Waals surface area contributed by atoms with Crippen molar-refractivity contribution in [1.82, 2.24) is 14.5 Å². The fourth-order valence-corrected chi connectivity index (χ4v) is 11.2. The van der Waals surface area contributed by atoms with Crippen molar-refractivity contribution in [2.45, 2.75) is 69.1 Å². The van der Waals surface area contributed by atoms with Crippen LogP contribution in [0.4, 0.5) is 10.1 Å². The van der Waals surface area contributed by atoms with E-state index in [9.17, 15) is 13.2 Å². The summed E-state index contributed by atoms with van der Waals surface area (Å²) >= 11 is 6.28. The van der Waals surface area contributed by atoms with Gasteiger partial charge in [0.25, 0.3) is 5.91 Å². The summed E-state index contributed by atoms with van der Waals surface area (Å²) in [6.45, 7) is 11.1. The minimum absolute atomic E-state index is 0.0242. The van der Waals surface area contributed by atoms with Gasteiger partial charge in [0.1, 0.15) is 11.6 Å². The van der Waals surface area contributed by atoms with E-state index >= 15 is 4.39 Å². The third kappa shape index (κ3) is 6.67. The number of carbonyl (C=O) groups is 1. The van der Waals surface area contributed by atoms with Gasteiger partial charge in [-0.2, -0.15) is 0 Å². The Morgan fingerprint density at radius 2 is 1.90 bits per heavy atom. The lowest BCUT2D eigenvalue weighted by Crippen LogP contribution is -2.51.